The molecule has 0 saturated heterocycles. The second kappa shape index (κ2) is 6.61. The molecular formula is C18H25O3. The largest absolute Gasteiger partial charge is 0.373 e. The third-order valence-electron chi connectivity index (χ3n) is 4.26. The van der Waals surface area contributed by atoms with Gasteiger partial charge in [-0.3, -0.25) is 4.89 Å². The lowest BCUT2D eigenvalue weighted by atomic mass is 9.72. The van der Waals surface area contributed by atoms with Crippen LogP contribution in [0.4, 0.5) is 0 Å². The van der Waals surface area contributed by atoms with Crippen LogP contribution < -0.4 is 0 Å². The van der Waals surface area contributed by atoms with Crippen LogP contribution in [0.15, 0.2) is 24.3 Å². The second-order valence-corrected chi connectivity index (χ2v) is 7.00. The van der Waals surface area contributed by atoms with Gasteiger partial charge in [0, 0.05) is 0 Å². The van der Waals surface area contributed by atoms with Crippen molar-refractivity contribution in [2.24, 2.45) is 11.3 Å². The van der Waals surface area contributed by atoms with Gasteiger partial charge in [0.1, 0.15) is 6.10 Å². The highest BCUT2D eigenvalue weighted by atomic mass is 17.2. The molecule has 1 aliphatic rings. The number of hydrogen-bond donors (Lipinski definition) is 0. The van der Waals surface area contributed by atoms with Gasteiger partial charge < -0.3 is 0 Å². The number of aryl methyl sites for hydroxylation is 1. The molecule has 115 valence electrons. The molecule has 0 unspecified atom stereocenters. The Morgan fingerprint density at radius 3 is 2.43 bits per heavy atom. The zero-order valence-electron chi connectivity index (χ0n) is 13.4. The number of carbonyl (C=O) groups excluding carboxylic acids is 1. The molecule has 0 spiro atoms. The van der Waals surface area contributed by atoms with Crippen molar-refractivity contribution in [2.45, 2.75) is 53.4 Å². The third kappa shape index (κ3) is 4.57. The number of rotatable bonds is 3. The lowest BCUT2D eigenvalue weighted by molar-refractivity contribution is -0.241. The Morgan fingerprint density at radius 1 is 1.19 bits per heavy atom. The SMILES string of the molecule is Cc1cccc(C(=O)OO[C]2CCC(C(C)(C)C)CC2)c1. The minimum atomic E-state index is -0.427. The molecule has 3 heteroatoms. The maximum absolute atomic E-state index is 11.9. The van der Waals surface area contributed by atoms with E-state index in [1.165, 1.54) is 0 Å². The highest BCUT2D eigenvalue weighted by Crippen LogP contribution is 2.40. The minimum Gasteiger partial charge on any atom is -0.292 e. The van der Waals surface area contributed by atoms with Crippen molar-refractivity contribution < 1.29 is 14.6 Å². The molecule has 0 aromatic heterocycles. The fourth-order valence-corrected chi connectivity index (χ4v) is 2.81. The standard InChI is InChI=1S/C18H25O3/c1-13-6-5-7-14(12-13)17(19)21-20-16-10-8-15(9-11-16)18(2,3)4/h5-7,12,15H,8-11H2,1-4H3. The molecule has 1 aromatic carbocycles. The average Bonchev–Trinajstić information content (AvgIpc) is 2.44. The monoisotopic (exact) mass is 289 g/mol. The molecule has 1 radical (unpaired) electrons. The summed E-state index contributed by atoms with van der Waals surface area (Å²) in [5, 5.41) is 0. The van der Waals surface area contributed by atoms with Crippen LogP contribution in [0.2, 0.25) is 0 Å². The first kappa shape index (κ1) is 16.0. The second-order valence-electron chi connectivity index (χ2n) is 7.00. The summed E-state index contributed by atoms with van der Waals surface area (Å²) in [6.45, 7) is 8.78. The Hall–Kier alpha value is -1.35. The van der Waals surface area contributed by atoms with Crippen molar-refractivity contribution in [3.05, 3.63) is 41.5 Å². The van der Waals surface area contributed by atoms with Crippen molar-refractivity contribution in [1.29, 1.82) is 0 Å². The van der Waals surface area contributed by atoms with Crippen LogP contribution >= 0.6 is 0 Å². The van der Waals surface area contributed by atoms with Crippen molar-refractivity contribution in [2.75, 3.05) is 0 Å². The first-order chi connectivity index (χ1) is 9.86. The van der Waals surface area contributed by atoms with Gasteiger partial charge in [-0.25, -0.2) is 4.79 Å². The Labute approximate surface area is 127 Å². The van der Waals surface area contributed by atoms with Crippen LogP contribution in [0.5, 0.6) is 0 Å². The van der Waals surface area contributed by atoms with E-state index in [-0.39, 0.29) is 0 Å². The van der Waals surface area contributed by atoms with E-state index in [9.17, 15) is 4.79 Å². The van der Waals surface area contributed by atoms with E-state index in [2.05, 4.69) is 20.8 Å². The number of benzene rings is 1. The maximum atomic E-state index is 11.9. The van der Waals surface area contributed by atoms with Crippen LogP contribution in [0, 0.1) is 24.4 Å². The molecule has 0 atom stereocenters. The molecule has 1 saturated carbocycles. The Balaban J connectivity index is 1.78. The molecule has 0 heterocycles. The molecule has 3 nitrogen and oxygen atoms in total. The van der Waals surface area contributed by atoms with Crippen LogP contribution in [0.25, 0.3) is 0 Å². The smallest absolute Gasteiger partial charge is 0.292 e. The molecule has 0 amide bonds. The molecule has 1 aromatic rings. The molecule has 1 fully saturated rings. The van der Waals surface area contributed by atoms with Gasteiger partial charge in [-0.15, -0.1) is 0 Å². The molecule has 21 heavy (non-hydrogen) atoms. The predicted octanol–water partition coefficient (Wildman–Crippen LogP) is 4.85. The molecule has 0 N–H and O–H groups in total. The summed E-state index contributed by atoms with van der Waals surface area (Å²) in [6.07, 6.45) is 4.84. The summed E-state index contributed by atoms with van der Waals surface area (Å²) < 4.78 is 0. The molecular weight excluding hydrogens is 264 g/mol. The fraction of sp³-hybridized carbons (Fsp3) is 0.556. The van der Waals surface area contributed by atoms with Crippen molar-refractivity contribution in [1.82, 2.24) is 0 Å². The summed E-state index contributed by atoms with van der Waals surface area (Å²) in [5.41, 5.74) is 1.89. The molecule has 0 aliphatic heterocycles. The van der Waals surface area contributed by atoms with E-state index in [1.807, 2.05) is 19.1 Å². The summed E-state index contributed by atoms with van der Waals surface area (Å²) >= 11 is 0. The van der Waals surface area contributed by atoms with Crippen molar-refractivity contribution in [3.63, 3.8) is 0 Å². The topological polar surface area (TPSA) is 35.5 Å². The van der Waals surface area contributed by atoms with Gasteiger partial charge in [0.25, 0.3) is 0 Å². The molecule has 0 bridgehead atoms. The van der Waals surface area contributed by atoms with Crippen LogP contribution in [0.3, 0.4) is 0 Å². The van der Waals surface area contributed by atoms with Crippen LogP contribution in [0.1, 0.15) is 62.4 Å². The van der Waals surface area contributed by atoms with Gasteiger partial charge in [0.05, 0.1) is 5.56 Å². The van der Waals surface area contributed by atoms with Crippen LogP contribution in [-0.2, 0) is 9.78 Å². The van der Waals surface area contributed by atoms with Gasteiger partial charge in [0.15, 0.2) is 0 Å². The summed E-state index contributed by atoms with van der Waals surface area (Å²) in [6, 6.07) is 7.32. The number of hydrogen-bond acceptors (Lipinski definition) is 3. The van der Waals surface area contributed by atoms with Gasteiger partial charge >= 0.3 is 5.97 Å². The Kier molecular flexibility index (Phi) is 5.04. The Morgan fingerprint density at radius 2 is 1.86 bits per heavy atom. The lowest BCUT2D eigenvalue weighted by Gasteiger charge is -2.35. The molecule has 2 rings (SSSR count). The first-order valence-corrected chi connectivity index (χ1v) is 7.66. The van der Waals surface area contributed by atoms with Gasteiger partial charge in [0.2, 0.25) is 0 Å². The zero-order chi connectivity index (χ0) is 15.5. The normalized spacial score (nSPS) is 17.7. The van der Waals surface area contributed by atoms with E-state index in [0.717, 1.165) is 37.4 Å². The summed E-state index contributed by atoms with van der Waals surface area (Å²) in [5.74, 6) is 0.279. The minimum absolute atomic E-state index is 0.337. The highest BCUT2D eigenvalue weighted by Gasteiger charge is 2.31. The maximum Gasteiger partial charge on any atom is 0.373 e. The van der Waals surface area contributed by atoms with E-state index >= 15 is 0 Å². The van der Waals surface area contributed by atoms with Crippen molar-refractivity contribution >= 4 is 5.97 Å². The number of carbonyl (C=O) groups is 1. The van der Waals surface area contributed by atoms with Gasteiger partial charge in [-0.05, 0) is 56.1 Å². The quantitative estimate of drug-likeness (QED) is 0.589. The lowest BCUT2D eigenvalue weighted by Crippen LogP contribution is -2.26. The van der Waals surface area contributed by atoms with E-state index in [0.29, 0.717) is 16.9 Å². The predicted molar refractivity (Wildman–Crippen MR) is 82.3 cm³/mol. The third-order valence-corrected chi connectivity index (χ3v) is 4.26. The van der Waals surface area contributed by atoms with Crippen LogP contribution in [-0.4, -0.2) is 5.97 Å². The van der Waals surface area contributed by atoms with Gasteiger partial charge in [-0.2, -0.15) is 4.89 Å². The first-order valence-electron chi connectivity index (χ1n) is 7.66. The highest BCUT2D eigenvalue weighted by molar-refractivity contribution is 5.89. The van der Waals surface area contributed by atoms with Gasteiger partial charge in [-0.1, -0.05) is 38.5 Å². The summed E-state index contributed by atoms with van der Waals surface area (Å²) in [4.78, 5) is 22.1. The fourth-order valence-electron chi connectivity index (χ4n) is 2.81. The molecule has 1 aliphatic carbocycles. The summed E-state index contributed by atoms with van der Waals surface area (Å²) in [7, 11) is 0. The zero-order valence-corrected chi connectivity index (χ0v) is 13.4. The Bertz CT molecular complexity index is 479. The van der Waals surface area contributed by atoms with E-state index < -0.39 is 5.97 Å². The average molecular weight is 289 g/mol. The van der Waals surface area contributed by atoms with Crippen molar-refractivity contribution in [3.8, 4) is 0 Å². The van der Waals surface area contributed by atoms with E-state index in [4.69, 9.17) is 9.78 Å². The van der Waals surface area contributed by atoms with E-state index in [1.54, 1.807) is 12.1 Å².